The number of methoxy groups -OCH3 is 2. The first-order chi connectivity index (χ1) is 13.1. The van der Waals surface area contributed by atoms with Gasteiger partial charge in [0.25, 0.3) is 5.91 Å². The van der Waals surface area contributed by atoms with Crippen LogP contribution in [-0.2, 0) is 6.54 Å². The van der Waals surface area contributed by atoms with Crippen LogP contribution >= 0.6 is 11.6 Å². The van der Waals surface area contributed by atoms with Crippen LogP contribution in [0.3, 0.4) is 0 Å². The topological polar surface area (TPSA) is 42.0 Å². The van der Waals surface area contributed by atoms with Crippen LogP contribution < -0.4 is 9.47 Å². The maximum atomic E-state index is 13.0. The summed E-state index contributed by atoms with van der Waals surface area (Å²) in [6.45, 7) is 4.11. The number of ether oxygens (including phenoxy) is 2. The van der Waals surface area contributed by atoms with E-state index in [1.54, 1.807) is 32.4 Å². The maximum absolute atomic E-state index is 13.0. The van der Waals surface area contributed by atoms with E-state index in [2.05, 4.69) is 17.0 Å². The molecule has 0 atom stereocenters. The fraction of sp³-hybridized carbons (Fsp3) is 0.381. The van der Waals surface area contributed by atoms with Gasteiger partial charge < -0.3 is 14.4 Å². The molecule has 27 heavy (non-hydrogen) atoms. The Hall–Kier alpha value is -2.24. The Morgan fingerprint density at radius 1 is 1.00 bits per heavy atom. The molecule has 6 heteroatoms. The molecule has 1 heterocycles. The molecule has 1 saturated heterocycles. The van der Waals surface area contributed by atoms with E-state index < -0.39 is 0 Å². The smallest absolute Gasteiger partial charge is 0.257 e. The Bertz CT molecular complexity index is 779. The van der Waals surface area contributed by atoms with E-state index in [4.69, 9.17) is 21.1 Å². The van der Waals surface area contributed by atoms with E-state index >= 15 is 0 Å². The van der Waals surface area contributed by atoms with Crippen LogP contribution in [0, 0.1) is 0 Å². The molecular weight excluding hydrogens is 364 g/mol. The summed E-state index contributed by atoms with van der Waals surface area (Å²) in [6, 6.07) is 13.3. The summed E-state index contributed by atoms with van der Waals surface area (Å²) >= 11 is 5.96. The molecule has 0 spiro atoms. The third-order valence-corrected chi connectivity index (χ3v) is 5.09. The number of hydrogen-bond donors (Lipinski definition) is 0. The molecule has 144 valence electrons. The number of benzene rings is 2. The number of carbonyl (C=O) groups is 1. The molecule has 0 bridgehead atoms. The van der Waals surface area contributed by atoms with Gasteiger partial charge >= 0.3 is 0 Å². The highest BCUT2D eigenvalue weighted by molar-refractivity contribution is 6.30. The number of carbonyl (C=O) groups excluding carboxylic acids is 1. The van der Waals surface area contributed by atoms with Crippen molar-refractivity contribution in [3.05, 3.63) is 58.6 Å². The minimum absolute atomic E-state index is 0.00264. The third-order valence-electron chi connectivity index (χ3n) is 4.83. The summed E-state index contributed by atoms with van der Waals surface area (Å²) in [4.78, 5) is 17.3. The first-order valence-electron chi connectivity index (χ1n) is 9.09. The van der Waals surface area contributed by atoms with Gasteiger partial charge in [0.1, 0.15) is 11.5 Å². The van der Waals surface area contributed by atoms with Crippen molar-refractivity contribution in [2.24, 2.45) is 0 Å². The predicted octanol–water partition coefficient (Wildman–Crippen LogP) is 3.71. The molecule has 2 aromatic carbocycles. The van der Waals surface area contributed by atoms with Crippen LogP contribution in [0.15, 0.2) is 42.5 Å². The fourth-order valence-electron chi connectivity index (χ4n) is 3.33. The Kier molecular flexibility index (Phi) is 6.58. The Morgan fingerprint density at radius 3 is 2.48 bits per heavy atom. The summed E-state index contributed by atoms with van der Waals surface area (Å²) in [7, 11) is 3.17. The average Bonchev–Trinajstić information content (AvgIpc) is 2.94. The van der Waals surface area contributed by atoms with E-state index in [0.29, 0.717) is 23.6 Å². The van der Waals surface area contributed by atoms with Gasteiger partial charge in [0.15, 0.2) is 0 Å². The van der Waals surface area contributed by atoms with Gasteiger partial charge in [-0.15, -0.1) is 0 Å². The van der Waals surface area contributed by atoms with E-state index in [0.717, 1.165) is 37.6 Å². The molecule has 1 aliphatic heterocycles. The third kappa shape index (κ3) is 4.93. The molecule has 5 nitrogen and oxygen atoms in total. The number of rotatable bonds is 5. The molecular formula is C21H25ClN2O3. The van der Waals surface area contributed by atoms with Gasteiger partial charge in [-0.25, -0.2) is 0 Å². The van der Waals surface area contributed by atoms with Crippen molar-refractivity contribution in [2.75, 3.05) is 40.4 Å². The van der Waals surface area contributed by atoms with Crippen molar-refractivity contribution in [3.8, 4) is 11.5 Å². The Labute approximate surface area is 165 Å². The minimum atomic E-state index is 0.00264. The van der Waals surface area contributed by atoms with Crippen LogP contribution in [0.2, 0.25) is 5.02 Å². The number of nitrogens with zero attached hydrogens (tertiary/aromatic N) is 2. The van der Waals surface area contributed by atoms with Gasteiger partial charge in [-0.1, -0.05) is 23.7 Å². The van der Waals surface area contributed by atoms with Crippen molar-refractivity contribution in [2.45, 2.75) is 13.0 Å². The van der Waals surface area contributed by atoms with Crippen molar-refractivity contribution < 1.29 is 14.3 Å². The lowest BCUT2D eigenvalue weighted by Gasteiger charge is -2.23. The van der Waals surface area contributed by atoms with Gasteiger partial charge in [-0.05, 0) is 36.2 Å². The molecule has 3 rings (SSSR count). The maximum Gasteiger partial charge on any atom is 0.257 e. The van der Waals surface area contributed by atoms with Crippen LogP contribution in [0.4, 0.5) is 0 Å². The van der Waals surface area contributed by atoms with E-state index in [-0.39, 0.29) is 5.91 Å². The molecule has 2 aromatic rings. The molecule has 0 aliphatic carbocycles. The minimum Gasteiger partial charge on any atom is -0.497 e. The lowest BCUT2D eigenvalue weighted by Crippen LogP contribution is -2.35. The van der Waals surface area contributed by atoms with Crippen LogP contribution in [0.25, 0.3) is 0 Å². The van der Waals surface area contributed by atoms with Gasteiger partial charge in [0.05, 0.1) is 19.8 Å². The molecule has 0 aromatic heterocycles. The van der Waals surface area contributed by atoms with E-state index in [1.165, 1.54) is 5.56 Å². The largest absolute Gasteiger partial charge is 0.497 e. The summed E-state index contributed by atoms with van der Waals surface area (Å²) in [6.07, 6.45) is 0.942. The summed E-state index contributed by atoms with van der Waals surface area (Å²) in [5.74, 6) is 1.22. The summed E-state index contributed by atoms with van der Waals surface area (Å²) in [5, 5.41) is 0.750. The van der Waals surface area contributed by atoms with Gasteiger partial charge in [-0.2, -0.15) is 0 Å². The molecule has 0 radical (unpaired) electrons. The molecule has 0 saturated carbocycles. The second kappa shape index (κ2) is 9.11. The second-order valence-corrected chi connectivity index (χ2v) is 7.05. The van der Waals surface area contributed by atoms with Gasteiger partial charge in [0, 0.05) is 43.8 Å². The quantitative estimate of drug-likeness (QED) is 0.783. The number of hydrogen-bond acceptors (Lipinski definition) is 4. The zero-order valence-corrected chi connectivity index (χ0v) is 16.5. The van der Waals surface area contributed by atoms with E-state index in [9.17, 15) is 4.79 Å². The summed E-state index contributed by atoms with van der Waals surface area (Å²) < 4.78 is 10.6. The van der Waals surface area contributed by atoms with Gasteiger partial charge in [-0.3, -0.25) is 9.69 Å². The monoisotopic (exact) mass is 388 g/mol. The number of halogens is 1. The highest BCUT2D eigenvalue weighted by Gasteiger charge is 2.23. The molecule has 0 N–H and O–H groups in total. The lowest BCUT2D eigenvalue weighted by atomic mass is 10.1. The zero-order valence-electron chi connectivity index (χ0n) is 15.8. The molecule has 1 amide bonds. The second-order valence-electron chi connectivity index (χ2n) is 6.61. The first kappa shape index (κ1) is 19.5. The standard InChI is InChI=1S/C21H25ClN2O3/c1-26-18-8-9-19(20(14-18)27-2)21(25)24-11-3-10-23(12-13-24)15-16-4-6-17(22)7-5-16/h4-9,14H,3,10-13,15H2,1-2H3. The first-order valence-corrected chi connectivity index (χ1v) is 9.46. The van der Waals surface area contributed by atoms with Crippen molar-refractivity contribution in [1.82, 2.24) is 9.80 Å². The highest BCUT2D eigenvalue weighted by Crippen LogP contribution is 2.26. The number of amides is 1. The molecule has 1 aliphatic rings. The predicted molar refractivity (Wildman–Crippen MR) is 107 cm³/mol. The van der Waals surface area contributed by atoms with Gasteiger partial charge in [0.2, 0.25) is 0 Å². The highest BCUT2D eigenvalue weighted by atomic mass is 35.5. The molecule has 1 fully saturated rings. The van der Waals surface area contributed by atoms with Crippen molar-refractivity contribution in [1.29, 1.82) is 0 Å². The fourth-order valence-corrected chi connectivity index (χ4v) is 3.45. The SMILES string of the molecule is COc1ccc(C(=O)N2CCCN(Cc3ccc(Cl)cc3)CC2)c(OC)c1. The van der Waals surface area contributed by atoms with E-state index in [1.807, 2.05) is 17.0 Å². The van der Waals surface area contributed by atoms with Crippen molar-refractivity contribution >= 4 is 17.5 Å². The average molecular weight is 389 g/mol. The van der Waals surface area contributed by atoms with Crippen molar-refractivity contribution in [3.63, 3.8) is 0 Å². The zero-order chi connectivity index (χ0) is 19.2. The van der Waals surface area contributed by atoms with Crippen LogP contribution in [-0.4, -0.2) is 56.1 Å². The van der Waals surface area contributed by atoms with Crippen LogP contribution in [0.5, 0.6) is 11.5 Å². The molecule has 0 unspecified atom stereocenters. The Balaban J connectivity index is 1.65. The lowest BCUT2D eigenvalue weighted by molar-refractivity contribution is 0.0757. The normalized spacial score (nSPS) is 15.3. The van der Waals surface area contributed by atoms with Crippen LogP contribution in [0.1, 0.15) is 22.3 Å². The Morgan fingerprint density at radius 2 is 1.78 bits per heavy atom. The summed E-state index contributed by atoms with van der Waals surface area (Å²) in [5.41, 5.74) is 1.81.